The van der Waals surface area contributed by atoms with Crippen LogP contribution >= 0.6 is 0 Å². The van der Waals surface area contributed by atoms with Crippen molar-refractivity contribution < 1.29 is 4.79 Å². The highest BCUT2D eigenvalue weighted by atomic mass is 16.2. The highest BCUT2D eigenvalue weighted by Crippen LogP contribution is 2.40. The number of nitrogens with zero attached hydrogens (tertiary/aromatic N) is 1. The van der Waals surface area contributed by atoms with Crippen LogP contribution < -0.4 is 5.32 Å². The molecule has 4 rings (SSSR count). The maximum absolute atomic E-state index is 13.5. The zero-order chi connectivity index (χ0) is 19.2. The molecule has 1 atom stereocenters. The van der Waals surface area contributed by atoms with Crippen molar-refractivity contribution in [1.82, 2.24) is 10.2 Å². The van der Waals surface area contributed by atoms with Crippen molar-refractivity contribution in [2.75, 3.05) is 19.6 Å². The Morgan fingerprint density at radius 1 is 0.857 bits per heavy atom. The first-order valence-corrected chi connectivity index (χ1v) is 10.9. The van der Waals surface area contributed by atoms with Gasteiger partial charge < -0.3 is 5.32 Å². The van der Waals surface area contributed by atoms with Crippen molar-refractivity contribution in [3.8, 4) is 0 Å². The van der Waals surface area contributed by atoms with Gasteiger partial charge in [-0.2, -0.15) is 0 Å². The molecule has 3 nitrogen and oxygen atoms in total. The van der Waals surface area contributed by atoms with Crippen molar-refractivity contribution in [3.63, 3.8) is 0 Å². The molecule has 0 bridgehead atoms. The van der Waals surface area contributed by atoms with E-state index in [0.717, 1.165) is 38.8 Å². The van der Waals surface area contributed by atoms with E-state index in [4.69, 9.17) is 0 Å². The van der Waals surface area contributed by atoms with Gasteiger partial charge in [-0.05, 0) is 49.9 Å². The molecule has 1 unspecified atom stereocenters. The molecule has 1 saturated heterocycles. The topological polar surface area (TPSA) is 32.3 Å². The minimum absolute atomic E-state index is 0.221. The fraction of sp³-hybridized carbons (Fsp3) is 0.480. The number of amides is 1. The van der Waals surface area contributed by atoms with Crippen molar-refractivity contribution in [2.24, 2.45) is 0 Å². The Balaban J connectivity index is 1.53. The second-order valence-corrected chi connectivity index (χ2v) is 8.39. The standard InChI is InChI=1S/C25H32N2O/c28-24(25(16-8-3-9-17-25)22-14-6-2-7-15-22)26-20-23(27-18-10-11-19-27)21-12-4-1-5-13-21/h1-2,4-7,12-15,23H,3,8-11,16-20H2,(H,26,28). The molecule has 148 valence electrons. The fourth-order valence-corrected chi connectivity index (χ4v) is 5.10. The molecule has 28 heavy (non-hydrogen) atoms. The Labute approximate surface area is 169 Å². The van der Waals surface area contributed by atoms with Crippen LogP contribution in [0.2, 0.25) is 0 Å². The number of likely N-dealkylation sites (tertiary alicyclic amines) is 1. The van der Waals surface area contributed by atoms with E-state index in [2.05, 4.69) is 64.8 Å². The van der Waals surface area contributed by atoms with Crippen molar-refractivity contribution >= 4 is 5.91 Å². The summed E-state index contributed by atoms with van der Waals surface area (Å²) >= 11 is 0. The average molecular weight is 377 g/mol. The molecule has 2 aromatic carbocycles. The second kappa shape index (κ2) is 8.91. The highest BCUT2D eigenvalue weighted by Gasteiger charge is 2.41. The summed E-state index contributed by atoms with van der Waals surface area (Å²) in [6.45, 7) is 2.94. The van der Waals surface area contributed by atoms with Crippen molar-refractivity contribution in [3.05, 3.63) is 71.8 Å². The van der Waals surface area contributed by atoms with Crippen LogP contribution in [0.4, 0.5) is 0 Å². The molecule has 1 saturated carbocycles. The third-order valence-electron chi connectivity index (χ3n) is 6.69. The lowest BCUT2D eigenvalue weighted by Crippen LogP contribution is -2.48. The van der Waals surface area contributed by atoms with Gasteiger partial charge >= 0.3 is 0 Å². The lowest BCUT2D eigenvalue weighted by atomic mass is 9.68. The molecule has 1 aliphatic heterocycles. The Bertz CT molecular complexity index is 747. The van der Waals surface area contributed by atoms with Crippen LogP contribution in [0.3, 0.4) is 0 Å². The van der Waals surface area contributed by atoms with Gasteiger partial charge in [-0.3, -0.25) is 9.69 Å². The first-order chi connectivity index (χ1) is 13.8. The average Bonchev–Trinajstić information content (AvgIpc) is 3.30. The van der Waals surface area contributed by atoms with Gasteiger partial charge in [0, 0.05) is 6.54 Å². The summed E-state index contributed by atoms with van der Waals surface area (Å²) in [5.74, 6) is 0.221. The van der Waals surface area contributed by atoms with Crippen LogP contribution in [0.15, 0.2) is 60.7 Å². The lowest BCUT2D eigenvalue weighted by Gasteiger charge is -2.37. The monoisotopic (exact) mass is 376 g/mol. The number of hydrogen-bond donors (Lipinski definition) is 1. The van der Waals surface area contributed by atoms with Gasteiger partial charge in [0.15, 0.2) is 0 Å². The maximum Gasteiger partial charge on any atom is 0.230 e. The molecule has 2 aliphatic rings. The smallest absolute Gasteiger partial charge is 0.230 e. The molecular formula is C25H32N2O. The maximum atomic E-state index is 13.5. The number of carbonyl (C=O) groups excluding carboxylic acids is 1. The van der Waals surface area contributed by atoms with Gasteiger partial charge in [-0.1, -0.05) is 79.9 Å². The molecule has 1 amide bonds. The molecule has 2 aromatic rings. The summed E-state index contributed by atoms with van der Waals surface area (Å²) in [6, 6.07) is 21.4. The summed E-state index contributed by atoms with van der Waals surface area (Å²) in [7, 11) is 0. The zero-order valence-electron chi connectivity index (χ0n) is 16.8. The van der Waals surface area contributed by atoms with Gasteiger partial charge in [0.1, 0.15) is 0 Å². The molecule has 0 aromatic heterocycles. The molecule has 1 aliphatic carbocycles. The second-order valence-electron chi connectivity index (χ2n) is 8.39. The number of hydrogen-bond acceptors (Lipinski definition) is 2. The number of rotatable bonds is 6. The Morgan fingerprint density at radius 3 is 2.11 bits per heavy atom. The molecule has 0 radical (unpaired) electrons. The van der Waals surface area contributed by atoms with Gasteiger partial charge in [0.25, 0.3) is 0 Å². The van der Waals surface area contributed by atoms with E-state index in [1.807, 2.05) is 6.07 Å². The molecule has 2 fully saturated rings. The number of carbonyl (C=O) groups is 1. The highest BCUT2D eigenvalue weighted by molar-refractivity contribution is 5.88. The van der Waals surface area contributed by atoms with E-state index >= 15 is 0 Å². The normalized spacial score (nSPS) is 20.6. The van der Waals surface area contributed by atoms with Crippen molar-refractivity contribution in [1.29, 1.82) is 0 Å². The molecule has 0 spiro atoms. The third-order valence-corrected chi connectivity index (χ3v) is 6.69. The van der Waals surface area contributed by atoms with Gasteiger partial charge in [0.05, 0.1) is 11.5 Å². The molecule has 3 heteroatoms. The van der Waals surface area contributed by atoms with E-state index < -0.39 is 0 Å². The zero-order valence-corrected chi connectivity index (χ0v) is 16.8. The van der Waals surface area contributed by atoms with Gasteiger partial charge in [-0.25, -0.2) is 0 Å². The van der Waals surface area contributed by atoms with E-state index in [1.54, 1.807) is 0 Å². The quantitative estimate of drug-likeness (QED) is 0.782. The Kier molecular flexibility index (Phi) is 6.11. The summed E-state index contributed by atoms with van der Waals surface area (Å²) in [4.78, 5) is 16.1. The minimum Gasteiger partial charge on any atom is -0.353 e. The SMILES string of the molecule is O=C(NCC(c1ccccc1)N1CCCC1)C1(c2ccccc2)CCCCC1. The molecule has 1 N–H and O–H groups in total. The number of nitrogens with one attached hydrogen (secondary N) is 1. The minimum atomic E-state index is -0.355. The fourth-order valence-electron chi connectivity index (χ4n) is 5.10. The first kappa shape index (κ1) is 19.2. The van der Waals surface area contributed by atoms with E-state index in [9.17, 15) is 4.79 Å². The predicted octanol–water partition coefficient (Wildman–Crippen LogP) is 4.84. The first-order valence-electron chi connectivity index (χ1n) is 10.9. The van der Waals surface area contributed by atoms with Crippen LogP contribution in [0, 0.1) is 0 Å². The molecular weight excluding hydrogens is 344 g/mol. The van der Waals surface area contributed by atoms with Crippen LogP contribution in [-0.4, -0.2) is 30.4 Å². The lowest BCUT2D eigenvalue weighted by molar-refractivity contribution is -0.128. The number of benzene rings is 2. The summed E-state index contributed by atoms with van der Waals surface area (Å²) in [6.07, 6.45) is 7.94. The van der Waals surface area contributed by atoms with E-state index in [0.29, 0.717) is 6.54 Å². The largest absolute Gasteiger partial charge is 0.353 e. The predicted molar refractivity (Wildman–Crippen MR) is 114 cm³/mol. The van der Waals surface area contributed by atoms with E-state index in [-0.39, 0.29) is 17.4 Å². The van der Waals surface area contributed by atoms with Crippen LogP contribution in [0.25, 0.3) is 0 Å². The Morgan fingerprint density at radius 2 is 1.46 bits per heavy atom. The molecule has 1 heterocycles. The van der Waals surface area contributed by atoms with Crippen molar-refractivity contribution in [2.45, 2.75) is 56.4 Å². The third kappa shape index (κ3) is 4.00. The van der Waals surface area contributed by atoms with Crippen LogP contribution in [0.5, 0.6) is 0 Å². The summed E-state index contributed by atoms with van der Waals surface area (Å²) in [5.41, 5.74) is 2.14. The van der Waals surface area contributed by atoms with Crippen LogP contribution in [0.1, 0.15) is 62.1 Å². The summed E-state index contributed by atoms with van der Waals surface area (Å²) < 4.78 is 0. The Hall–Kier alpha value is -2.13. The van der Waals surface area contributed by atoms with E-state index in [1.165, 1.54) is 30.4 Å². The summed E-state index contributed by atoms with van der Waals surface area (Å²) in [5, 5.41) is 3.39. The van der Waals surface area contributed by atoms with Crippen LogP contribution in [-0.2, 0) is 10.2 Å². The van der Waals surface area contributed by atoms with Gasteiger partial charge in [0.2, 0.25) is 5.91 Å². The van der Waals surface area contributed by atoms with Gasteiger partial charge in [-0.15, -0.1) is 0 Å².